The molecule has 3 heterocycles. The van der Waals surface area contributed by atoms with Gasteiger partial charge in [0.15, 0.2) is 5.76 Å². The Hall–Kier alpha value is -2.05. The fourth-order valence-corrected chi connectivity index (χ4v) is 3.76. The van der Waals surface area contributed by atoms with Gasteiger partial charge in [-0.05, 0) is 44.4 Å². The molecule has 2 N–H and O–H groups in total. The lowest BCUT2D eigenvalue weighted by Crippen LogP contribution is -2.53. The molecule has 4 rings (SSSR count). The smallest absolute Gasteiger partial charge is 0.287 e. The maximum Gasteiger partial charge on any atom is 0.287 e. The molecule has 2 aromatic rings. The van der Waals surface area contributed by atoms with Crippen LogP contribution >= 0.6 is 12.4 Å². The van der Waals surface area contributed by atoms with E-state index in [1.54, 1.807) is 6.07 Å². The van der Waals surface area contributed by atoms with E-state index in [1.165, 1.54) is 0 Å². The van der Waals surface area contributed by atoms with Gasteiger partial charge < -0.3 is 20.0 Å². The third-order valence-electron chi connectivity index (χ3n) is 5.08. The molecule has 0 spiro atoms. The Morgan fingerprint density at radius 2 is 2.04 bits per heavy atom. The first-order valence-electron chi connectivity index (χ1n) is 9.02. The zero-order valence-corrected chi connectivity index (χ0v) is 15.4. The molecule has 26 heavy (non-hydrogen) atoms. The molecule has 0 saturated carbocycles. The lowest BCUT2D eigenvalue weighted by Gasteiger charge is -2.34. The molecular formula is C19H24ClN3O3. The van der Waals surface area contributed by atoms with Crippen molar-refractivity contribution in [2.24, 2.45) is 0 Å². The van der Waals surface area contributed by atoms with Crippen molar-refractivity contribution in [3.05, 3.63) is 36.1 Å². The number of hydrogen-bond donors (Lipinski definition) is 2. The summed E-state index contributed by atoms with van der Waals surface area (Å²) in [5.74, 6) is 0.275. The Morgan fingerprint density at radius 1 is 1.19 bits per heavy atom. The molecule has 140 valence electrons. The molecule has 2 amide bonds. The molecule has 2 atom stereocenters. The van der Waals surface area contributed by atoms with Crippen LogP contribution in [-0.4, -0.2) is 48.4 Å². The summed E-state index contributed by atoms with van der Waals surface area (Å²) in [7, 11) is 0. The van der Waals surface area contributed by atoms with Crippen LogP contribution in [0.15, 0.2) is 34.7 Å². The molecule has 1 aromatic carbocycles. The van der Waals surface area contributed by atoms with Crippen LogP contribution in [0.25, 0.3) is 11.0 Å². The number of hydrogen-bond acceptors (Lipinski definition) is 4. The van der Waals surface area contributed by atoms with E-state index in [0.29, 0.717) is 17.9 Å². The minimum atomic E-state index is -0.213. The minimum absolute atomic E-state index is 0. The average molecular weight is 378 g/mol. The summed E-state index contributed by atoms with van der Waals surface area (Å²) < 4.78 is 5.62. The molecule has 7 heteroatoms. The molecular weight excluding hydrogens is 354 g/mol. The molecule has 2 aliphatic rings. The first-order valence-corrected chi connectivity index (χ1v) is 9.02. The van der Waals surface area contributed by atoms with E-state index < -0.39 is 0 Å². The maximum atomic E-state index is 12.6. The van der Waals surface area contributed by atoms with Gasteiger partial charge in [0.2, 0.25) is 5.91 Å². The molecule has 2 fully saturated rings. The van der Waals surface area contributed by atoms with Gasteiger partial charge in [0.1, 0.15) is 5.58 Å². The largest absolute Gasteiger partial charge is 0.451 e. The van der Waals surface area contributed by atoms with Crippen molar-refractivity contribution in [3.8, 4) is 0 Å². The highest BCUT2D eigenvalue weighted by Gasteiger charge is 2.31. The number of nitrogens with one attached hydrogen (secondary N) is 2. The number of likely N-dealkylation sites (tertiary alicyclic amines) is 1. The number of furan rings is 1. The lowest BCUT2D eigenvalue weighted by atomic mass is 10.0. The van der Waals surface area contributed by atoms with E-state index in [9.17, 15) is 9.59 Å². The van der Waals surface area contributed by atoms with Crippen LogP contribution in [0.5, 0.6) is 0 Å². The number of piperidine rings is 1. The van der Waals surface area contributed by atoms with Crippen molar-refractivity contribution in [2.75, 3.05) is 19.6 Å². The van der Waals surface area contributed by atoms with Crippen molar-refractivity contribution in [1.29, 1.82) is 0 Å². The van der Waals surface area contributed by atoms with E-state index in [1.807, 2.05) is 29.2 Å². The molecule has 1 aromatic heterocycles. The summed E-state index contributed by atoms with van der Waals surface area (Å²) in [6.45, 7) is 2.26. The highest BCUT2D eigenvalue weighted by Crippen LogP contribution is 2.20. The van der Waals surface area contributed by atoms with E-state index in [0.717, 1.165) is 44.2 Å². The van der Waals surface area contributed by atoms with E-state index >= 15 is 0 Å². The monoisotopic (exact) mass is 377 g/mol. The van der Waals surface area contributed by atoms with E-state index in [-0.39, 0.29) is 36.3 Å². The van der Waals surface area contributed by atoms with Gasteiger partial charge in [-0.3, -0.25) is 9.59 Å². The second-order valence-electron chi connectivity index (χ2n) is 6.89. The number of nitrogens with zero attached hydrogens (tertiary/aromatic N) is 1. The Balaban J connectivity index is 0.00000196. The molecule has 2 saturated heterocycles. The average Bonchev–Trinajstić information content (AvgIpc) is 3.31. The summed E-state index contributed by atoms with van der Waals surface area (Å²) in [6, 6.07) is 9.26. The SMILES string of the molecule is Cl.O=C(NC1CCCN(C(=O)C2CCCN2)C1)c1cc2ccccc2o1. The Labute approximate surface area is 158 Å². The summed E-state index contributed by atoms with van der Waals surface area (Å²) >= 11 is 0. The fourth-order valence-electron chi connectivity index (χ4n) is 3.76. The normalized spacial score (nSPS) is 22.8. The van der Waals surface area contributed by atoms with Gasteiger partial charge in [0.05, 0.1) is 6.04 Å². The van der Waals surface area contributed by atoms with Crippen LogP contribution in [0.1, 0.15) is 36.2 Å². The number of halogens is 1. The Kier molecular flexibility index (Phi) is 5.84. The van der Waals surface area contributed by atoms with Gasteiger partial charge in [-0.25, -0.2) is 0 Å². The standard InChI is InChI=1S/C19H23N3O3.ClH/c23-18(17-11-13-5-1-2-8-16(13)25-17)21-14-6-4-10-22(12-14)19(24)15-7-3-9-20-15;/h1-2,5,8,11,14-15,20H,3-4,6-7,9-10,12H2,(H,21,23);1H. The highest BCUT2D eigenvalue weighted by molar-refractivity contribution is 5.96. The quantitative estimate of drug-likeness (QED) is 0.860. The summed E-state index contributed by atoms with van der Waals surface area (Å²) in [4.78, 5) is 26.9. The second-order valence-corrected chi connectivity index (χ2v) is 6.89. The van der Waals surface area contributed by atoms with Gasteiger partial charge in [0, 0.05) is 24.5 Å². The van der Waals surface area contributed by atoms with Crippen LogP contribution in [0.4, 0.5) is 0 Å². The number of amides is 2. The van der Waals surface area contributed by atoms with Crippen molar-refractivity contribution < 1.29 is 14.0 Å². The first kappa shape index (κ1) is 18.7. The minimum Gasteiger partial charge on any atom is -0.451 e. The molecule has 2 unspecified atom stereocenters. The molecule has 6 nitrogen and oxygen atoms in total. The van der Waals surface area contributed by atoms with Crippen molar-refractivity contribution >= 4 is 35.2 Å². The number of benzene rings is 1. The summed E-state index contributed by atoms with van der Waals surface area (Å²) in [5, 5.41) is 7.20. The molecule has 0 aliphatic carbocycles. The summed E-state index contributed by atoms with van der Waals surface area (Å²) in [5.41, 5.74) is 0.709. The van der Waals surface area contributed by atoms with Crippen LogP contribution in [0.2, 0.25) is 0 Å². The van der Waals surface area contributed by atoms with Crippen LogP contribution in [0.3, 0.4) is 0 Å². The van der Waals surface area contributed by atoms with E-state index in [2.05, 4.69) is 10.6 Å². The third-order valence-corrected chi connectivity index (χ3v) is 5.08. The van der Waals surface area contributed by atoms with Crippen molar-refractivity contribution in [3.63, 3.8) is 0 Å². The Bertz CT molecular complexity index is 752. The van der Waals surface area contributed by atoms with Gasteiger partial charge in [-0.2, -0.15) is 0 Å². The first-order chi connectivity index (χ1) is 12.2. The lowest BCUT2D eigenvalue weighted by molar-refractivity contribution is -0.134. The molecule has 0 radical (unpaired) electrons. The van der Waals surface area contributed by atoms with Gasteiger partial charge >= 0.3 is 0 Å². The van der Waals surface area contributed by atoms with Crippen LogP contribution in [-0.2, 0) is 4.79 Å². The highest BCUT2D eigenvalue weighted by atomic mass is 35.5. The zero-order chi connectivity index (χ0) is 17.2. The fraction of sp³-hybridized carbons (Fsp3) is 0.474. The number of fused-ring (bicyclic) bond motifs is 1. The summed E-state index contributed by atoms with van der Waals surface area (Å²) in [6.07, 6.45) is 3.75. The van der Waals surface area contributed by atoms with Crippen molar-refractivity contribution in [1.82, 2.24) is 15.5 Å². The third kappa shape index (κ3) is 3.86. The van der Waals surface area contributed by atoms with E-state index in [4.69, 9.17) is 4.42 Å². The Morgan fingerprint density at radius 3 is 2.81 bits per heavy atom. The predicted octanol–water partition coefficient (Wildman–Crippen LogP) is 2.33. The topological polar surface area (TPSA) is 74.6 Å². The van der Waals surface area contributed by atoms with Crippen molar-refractivity contribution in [2.45, 2.75) is 37.8 Å². The molecule has 2 aliphatic heterocycles. The number of carbonyl (C=O) groups excluding carboxylic acids is 2. The number of para-hydroxylation sites is 1. The maximum absolute atomic E-state index is 12.6. The predicted molar refractivity (Wildman–Crippen MR) is 102 cm³/mol. The molecule has 0 bridgehead atoms. The number of rotatable bonds is 3. The second kappa shape index (κ2) is 8.10. The van der Waals surface area contributed by atoms with Gasteiger partial charge in [0.25, 0.3) is 5.91 Å². The van der Waals surface area contributed by atoms with Crippen LogP contribution in [0, 0.1) is 0 Å². The van der Waals surface area contributed by atoms with Crippen LogP contribution < -0.4 is 10.6 Å². The number of carbonyl (C=O) groups is 2. The van der Waals surface area contributed by atoms with Gasteiger partial charge in [-0.1, -0.05) is 18.2 Å². The van der Waals surface area contributed by atoms with Gasteiger partial charge in [-0.15, -0.1) is 12.4 Å². The zero-order valence-electron chi connectivity index (χ0n) is 14.6.